The molecule has 3 rings (SSSR count). The number of benzene rings is 1. The van der Waals surface area contributed by atoms with Crippen molar-refractivity contribution in [1.82, 2.24) is 10.3 Å². The average Bonchev–Trinajstić information content (AvgIpc) is 3.49. The highest BCUT2D eigenvalue weighted by Gasteiger charge is 2.43. The van der Waals surface area contributed by atoms with Crippen molar-refractivity contribution in [3.05, 3.63) is 34.8 Å². The number of hydrogen-bond acceptors (Lipinski definition) is 7. The molecule has 146 valence electrons. The Bertz CT molecular complexity index is 928. The van der Waals surface area contributed by atoms with Gasteiger partial charge < -0.3 is 14.8 Å². The van der Waals surface area contributed by atoms with Crippen LogP contribution in [0.3, 0.4) is 0 Å². The molecule has 0 aliphatic heterocycles. The maximum Gasteiger partial charge on any atom is 0.350 e. The van der Waals surface area contributed by atoms with Crippen molar-refractivity contribution in [3.63, 3.8) is 0 Å². The summed E-state index contributed by atoms with van der Waals surface area (Å²) < 4.78 is 10.3. The van der Waals surface area contributed by atoms with Crippen molar-refractivity contribution in [3.8, 4) is 22.4 Å². The van der Waals surface area contributed by atoms with E-state index in [0.717, 1.165) is 24.2 Å². The van der Waals surface area contributed by atoms with Crippen LogP contribution in [0.15, 0.2) is 24.3 Å². The fourth-order valence-corrected chi connectivity index (χ4v) is 3.81. The van der Waals surface area contributed by atoms with Crippen molar-refractivity contribution in [2.45, 2.75) is 32.2 Å². The number of methoxy groups -OCH3 is 1. The third kappa shape index (κ3) is 4.31. The molecule has 28 heavy (non-hydrogen) atoms. The second kappa shape index (κ2) is 7.98. The number of aromatic nitrogens is 1. The third-order valence-corrected chi connectivity index (χ3v) is 5.87. The summed E-state index contributed by atoms with van der Waals surface area (Å²) in [6.07, 6.45) is 1.83. The van der Waals surface area contributed by atoms with Gasteiger partial charge in [-0.2, -0.15) is 5.26 Å². The highest BCUT2D eigenvalue weighted by Crippen LogP contribution is 2.39. The fraction of sp³-hybridized carbons (Fsp3) is 0.400. The van der Waals surface area contributed by atoms with Gasteiger partial charge >= 0.3 is 5.97 Å². The van der Waals surface area contributed by atoms with Gasteiger partial charge in [0.25, 0.3) is 5.91 Å². The Hall–Kier alpha value is -2.92. The number of nitrogens with zero attached hydrogens (tertiary/aromatic N) is 2. The van der Waals surface area contributed by atoms with Crippen LogP contribution in [0.2, 0.25) is 0 Å². The smallest absolute Gasteiger partial charge is 0.350 e. The van der Waals surface area contributed by atoms with Crippen molar-refractivity contribution in [2.24, 2.45) is 5.92 Å². The lowest BCUT2D eigenvalue weighted by atomic mass is 9.98. The second-order valence-corrected chi connectivity index (χ2v) is 7.87. The molecule has 1 aliphatic carbocycles. The van der Waals surface area contributed by atoms with Crippen LogP contribution in [-0.2, 0) is 9.53 Å². The molecule has 1 aromatic carbocycles. The predicted octanol–water partition coefficient (Wildman–Crippen LogP) is 3.09. The van der Waals surface area contributed by atoms with E-state index in [1.807, 2.05) is 24.3 Å². The molecule has 0 spiro atoms. The van der Waals surface area contributed by atoms with Gasteiger partial charge in [0.05, 0.1) is 18.9 Å². The first kappa shape index (κ1) is 19.8. The quantitative estimate of drug-likeness (QED) is 0.718. The van der Waals surface area contributed by atoms with E-state index < -0.39 is 24.0 Å². The second-order valence-electron chi connectivity index (χ2n) is 6.87. The van der Waals surface area contributed by atoms with Gasteiger partial charge in [-0.15, -0.1) is 11.3 Å². The van der Waals surface area contributed by atoms with Gasteiger partial charge in [0.1, 0.15) is 21.2 Å². The van der Waals surface area contributed by atoms with E-state index in [4.69, 9.17) is 9.47 Å². The van der Waals surface area contributed by atoms with Gasteiger partial charge in [-0.1, -0.05) is 0 Å². The van der Waals surface area contributed by atoms with E-state index in [1.54, 1.807) is 21.0 Å². The maximum atomic E-state index is 12.4. The summed E-state index contributed by atoms with van der Waals surface area (Å²) in [6.45, 7) is 2.98. The van der Waals surface area contributed by atoms with E-state index in [9.17, 15) is 14.9 Å². The molecular weight excluding hydrogens is 378 g/mol. The Morgan fingerprint density at radius 3 is 2.61 bits per heavy atom. The topological polar surface area (TPSA) is 101 Å². The van der Waals surface area contributed by atoms with E-state index in [0.29, 0.717) is 15.6 Å². The lowest BCUT2D eigenvalue weighted by Gasteiger charge is -2.22. The summed E-state index contributed by atoms with van der Waals surface area (Å²) in [4.78, 5) is 29.2. The van der Waals surface area contributed by atoms with Gasteiger partial charge in [0.2, 0.25) is 0 Å². The minimum absolute atomic E-state index is 0.160. The molecule has 0 unspecified atom stereocenters. The van der Waals surface area contributed by atoms with E-state index in [-0.39, 0.29) is 5.92 Å². The molecule has 1 heterocycles. The fourth-order valence-electron chi connectivity index (χ4n) is 2.85. The van der Waals surface area contributed by atoms with Gasteiger partial charge in [0.15, 0.2) is 6.61 Å². The lowest BCUT2D eigenvalue weighted by Crippen LogP contribution is -2.48. The summed E-state index contributed by atoms with van der Waals surface area (Å²) in [5.41, 5.74) is 0.492. The van der Waals surface area contributed by atoms with Gasteiger partial charge in [-0.25, -0.2) is 9.78 Å². The van der Waals surface area contributed by atoms with Crippen LogP contribution in [-0.4, -0.2) is 36.1 Å². The third-order valence-electron chi connectivity index (χ3n) is 4.68. The predicted molar refractivity (Wildman–Crippen MR) is 104 cm³/mol. The number of ether oxygens (including phenoxy) is 2. The van der Waals surface area contributed by atoms with Crippen LogP contribution in [0.25, 0.3) is 10.6 Å². The molecule has 1 N–H and O–H groups in total. The maximum absolute atomic E-state index is 12.4. The molecule has 1 atom stereocenters. The van der Waals surface area contributed by atoms with E-state index >= 15 is 0 Å². The number of nitriles is 1. The van der Waals surface area contributed by atoms with Crippen molar-refractivity contribution in [2.75, 3.05) is 13.7 Å². The first-order valence-electron chi connectivity index (χ1n) is 8.87. The highest BCUT2D eigenvalue weighted by molar-refractivity contribution is 7.17. The number of thiazole rings is 1. The number of carbonyl (C=O) groups excluding carboxylic acids is 2. The van der Waals surface area contributed by atoms with Crippen LogP contribution in [0, 0.1) is 24.2 Å². The van der Waals surface area contributed by atoms with Crippen LogP contribution in [0.1, 0.15) is 35.1 Å². The molecular formula is C20H21N3O4S. The summed E-state index contributed by atoms with van der Waals surface area (Å²) >= 11 is 1.21. The Labute approximate surface area is 167 Å². The zero-order valence-corrected chi connectivity index (χ0v) is 16.8. The number of nitrogens with one attached hydrogen (secondary N) is 1. The highest BCUT2D eigenvalue weighted by atomic mass is 32.1. The average molecular weight is 399 g/mol. The molecule has 1 amide bonds. The summed E-state index contributed by atoms with van der Waals surface area (Å²) in [6, 6.07) is 9.50. The summed E-state index contributed by atoms with van der Waals surface area (Å²) in [7, 11) is 1.59. The number of amides is 1. The first-order valence-corrected chi connectivity index (χ1v) is 9.69. The van der Waals surface area contributed by atoms with Crippen LogP contribution < -0.4 is 10.1 Å². The van der Waals surface area contributed by atoms with Gasteiger partial charge in [-0.05, 0) is 56.9 Å². The molecule has 1 fully saturated rings. The SMILES string of the molecule is COc1ccc(-c2nc(C)c(C(=O)OCC(=O)N[C@](C)(C#N)C3CC3)s2)cc1. The molecule has 7 nitrogen and oxygen atoms in total. The molecule has 2 aromatic rings. The standard InChI is InChI=1S/C20H21N3O4S/c1-12-17(28-18(22-12)13-4-8-15(26-3)9-5-13)19(25)27-10-16(24)23-20(2,11-21)14-6-7-14/h4-5,8-9,14H,6-7,10H2,1-3H3,(H,23,24)/t20-/m1/s1. The van der Waals surface area contributed by atoms with Crippen LogP contribution in [0.5, 0.6) is 5.75 Å². The molecule has 1 aliphatic rings. The zero-order valence-electron chi connectivity index (χ0n) is 15.9. The first-order chi connectivity index (χ1) is 13.4. The molecule has 8 heteroatoms. The number of hydrogen-bond donors (Lipinski definition) is 1. The number of carbonyl (C=O) groups is 2. The molecule has 0 radical (unpaired) electrons. The minimum Gasteiger partial charge on any atom is -0.497 e. The van der Waals surface area contributed by atoms with Crippen LogP contribution in [0.4, 0.5) is 0 Å². The van der Waals surface area contributed by atoms with Crippen molar-refractivity contribution in [1.29, 1.82) is 5.26 Å². The van der Waals surface area contributed by atoms with Gasteiger partial charge in [0, 0.05) is 5.56 Å². The van der Waals surface area contributed by atoms with E-state index in [1.165, 1.54) is 11.3 Å². The van der Waals surface area contributed by atoms with Crippen LogP contribution >= 0.6 is 11.3 Å². The molecule has 0 bridgehead atoms. The molecule has 0 saturated heterocycles. The number of rotatable bonds is 7. The summed E-state index contributed by atoms with van der Waals surface area (Å²) in [5, 5.41) is 12.6. The Morgan fingerprint density at radius 1 is 1.36 bits per heavy atom. The Morgan fingerprint density at radius 2 is 2.04 bits per heavy atom. The Kier molecular flexibility index (Phi) is 5.66. The Balaban J connectivity index is 1.62. The van der Waals surface area contributed by atoms with Crippen molar-refractivity contribution >= 4 is 23.2 Å². The lowest BCUT2D eigenvalue weighted by molar-refractivity contribution is -0.125. The minimum atomic E-state index is -0.911. The largest absolute Gasteiger partial charge is 0.497 e. The normalized spacial score (nSPS) is 15.2. The molecule has 1 aromatic heterocycles. The molecule has 1 saturated carbocycles. The van der Waals surface area contributed by atoms with E-state index in [2.05, 4.69) is 16.4 Å². The summed E-state index contributed by atoms with van der Waals surface area (Å²) in [5.74, 6) is -0.192. The monoisotopic (exact) mass is 399 g/mol. The van der Waals surface area contributed by atoms with Gasteiger partial charge in [-0.3, -0.25) is 4.79 Å². The van der Waals surface area contributed by atoms with Crippen molar-refractivity contribution < 1.29 is 19.1 Å². The zero-order chi connectivity index (χ0) is 20.3. The number of aryl methyl sites for hydroxylation is 1. The number of esters is 1.